The smallest absolute Gasteiger partial charge is 0.436 e. The Hall–Kier alpha value is -1.96. The van der Waals surface area contributed by atoms with Crippen molar-refractivity contribution in [3.05, 3.63) is 40.6 Å². The van der Waals surface area contributed by atoms with E-state index in [0.717, 1.165) is 0 Å². The molecule has 0 atom stereocenters. The van der Waals surface area contributed by atoms with Gasteiger partial charge in [-0.05, 0) is 25.5 Å². The molecular formula is C13H13ClF3N3O2. The van der Waals surface area contributed by atoms with Gasteiger partial charge < -0.3 is 9.73 Å². The van der Waals surface area contributed by atoms with Crippen LogP contribution in [0.5, 0.6) is 0 Å². The lowest BCUT2D eigenvalue weighted by molar-refractivity contribution is -0.141. The fourth-order valence-electron chi connectivity index (χ4n) is 1.85. The first-order valence-electron chi connectivity index (χ1n) is 6.42. The summed E-state index contributed by atoms with van der Waals surface area (Å²) < 4.78 is 44.1. The molecule has 0 aliphatic carbocycles. The lowest BCUT2D eigenvalue weighted by Crippen LogP contribution is -2.25. The molecule has 1 N–H and O–H groups in total. The SMILES string of the molecule is Cc1c(Cl)c(C(F)(F)F)nn1CCCNC(=O)c1ccco1. The number of carbonyl (C=O) groups is 1. The predicted molar refractivity (Wildman–Crippen MR) is 72.6 cm³/mol. The lowest BCUT2D eigenvalue weighted by atomic mass is 10.3. The van der Waals surface area contributed by atoms with Crippen LogP contribution in [0.2, 0.25) is 5.02 Å². The minimum Gasteiger partial charge on any atom is -0.459 e. The van der Waals surface area contributed by atoms with Gasteiger partial charge in [-0.3, -0.25) is 9.48 Å². The molecule has 0 aliphatic heterocycles. The number of hydrogen-bond donors (Lipinski definition) is 1. The summed E-state index contributed by atoms with van der Waals surface area (Å²) in [5.74, 6) is -0.200. The minimum absolute atomic E-state index is 0.178. The van der Waals surface area contributed by atoms with Crippen LogP contribution in [0.3, 0.4) is 0 Å². The first kappa shape index (κ1) is 16.4. The molecule has 0 saturated heterocycles. The third kappa shape index (κ3) is 3.62. The zero-order valence-corrected chi connectivity index (χ0v) is 12.3. The fourth-order valence-corrected chi connectivity index (χ4v) is 2.09. The summed E-state index contributed by atoms with van der Waals surface area (Å²) in [5.41, 5.74) is -0.849. The minimum atomic E-state index is -4.58. The number of furan rings is 1. The highest BCUT2D eigenvalue weighted by Gasteiger charge is 2.38. The van der Waals surface area contributed by atoms with Crippen LogP contribution >= 0.6 is 11.6 Å². The lowest BCUT2D eigenvalue weighted by Gasteiger charge is -2.05. The van der Waals surface area contributed by atoms with Gasteiger partial charge in [-0.25, -0.2) is 0 Å². The van der Waals surface area contributed by atoms with E-state index in [-0.39, 0.29) is 30.5 Å². The zero-order valence-electron chi connectivity index (χ0n) is 11.6. The van der Waals surface area contributed by atoms with Gasteiger partial charge in [0.05, 0.1) is 17.0 Å². The third-order valence-corrected chi connectivity index (χ3v) is 3.43. The molecule has 5 nitrogen and oxygen atoms in total. The van der Waals surface area contributed by atoms with E-state index in [1.165, 1.54) is 23.9 Å². The second-order valence-electron chi connectivity index (χ2n) is 4.56. The molecular weight excluding hydrogens is 323 g/mol. The molecule has 2 rings (SSSR count). The topological polar surface area (TPSA) is 60.1 Å². The molecule has 0 radical (unpaired) electrons. The maximum absolute atomic E-state index is 12.7. The van der Waals surface area contributed by atoms with Crippen LogP contribution in [0.4, 0.5) is 13.2 Å². The molecule has 0 aliphatic rings. The molecule has 0 saturated carbocycles. The van der Waals surface area contributed by atoms with Crippen molar-refractivity contribution in [3.8, 4) is 0 Å². The molecule has 1 amide bonds. The summed E-state index contributed by atoms with van der Waals surface area (Å²) in [4.78, 5) is 11.6. The summed E-state index contributed by atoms with van der Waals surface area (Å²) in [7, 11) is 0. The highest BCUT2D eigenvalue weighted by molar-refractivity contribution is 6.31. The number of nitrogens with one attached hydrogen (secondary N) is 1. The van der Waals surface area contributed by atoms with Crippen LogP contribution < -0.4 is 5.32 Å². The number of carbonyl (C=O) groups excluding carboxylic acids is 1. The number of hydrogen-bond acceptors (Lipinski definition) is 3. The summed E-state index contributed by atoms with van der Waals surface area (Å²) >= 11 is 5.64. The third-order valence-electron chi connectivity index (χ3n) is 2.98. The van der Waals surface area contributed by atoms with Gasteiger partial charge in [0.1, 0.15) is 0 Å². The van der Waals surface area contributed by atoms with Crippen molar-refractivity contribution in [3.63, 3.8) is 0 Å². The Morgan fingerprint density at radius 3 is 2.77 bits per heavy atom. The van der Waals surface area contributed by atoms with Gasteiger partial charge in [0.2, 0.25) is 0 Å². The van der Waals surface area contributed by atoms with Crippen LogP contribution in [0.25, 0.3) is 0 Å². The quantitative estimate of drug-likeness (QED) is 0.853. The van der Waals surface area contributed by atoms with Gasteiger partial charge in [-0.15, -0.1) is 0 Å². The Balaban J connectivity index is 1.89. The number of aromatic nitrogens is 2. The Morgan fingerprint density at radius 1 is 1.50 bits per heavy atom. The summed E-state index contributed by atoms with van der Waals surface area (Å²) in [5, 5.41) is 5.68. The standard InChI is InChI=1S/C13H13ClF3N3O2/c1-8-10(14)11(13(15,16)17)19-20(8)6-3-5-18-12(21)9-4-2-7-22-9/h2,4,7H,3,5-6H2,1H3,(H,18,21). The van der Waals surface area contributed by atoms with Crippen molar-refractivity contribution < 1.29 is 22.4 Å². The van der Waals surface area contributed by atoms with Crippen molar-refractivity contribution >= 4 is 17.5 Å². The van der Waals surface area contributed by atoms with Crippen molar-refractivity contribution in [2.75, 3.05) is 6.54 Å². The van der Waals surface area contributed by atoms with Gasteiger partial charge in [0.25, 0.3) is 5.91 Å². The Kier molecular flexibility index (Phi) is 4.80. The summed E-state index contributed by atoms with van der Waals surface area (Å²) in [6.45, 7) is 1.95. The first-order valence-corrected chi connectivity index (χ1v) is 6.80. The summed E-state index contributed by atoms with van der Waals surface area (Å²) in [6, 6.07) is 3.10. The van der Waals surface area contributed by atoms with Crippen LogP contribution in [0, 0.1) is 6.92 Å². The second kappa shape index (κ2) is 6.43. The van der Waals surface area contributed by atoms with Crippen LogP contribution in [0.15, 0.2) is 22.8 Å². The molecule has 0 unspecified atom stereocenters. The van der Waals surface area contributed by atoms with E-state index in [4.69, 9.17) is 16.0 Å². The number of amides is 1. The Labute approximate surface area is 129 Å². The Bertz CT molecular complexity index is 650. The molecule has 0 bridgehead atoms. The molecule has 9 heteroatoms. The van der Waals surface area contributed by atoms with E-state index in [2.05, 4.69) is 10.4 Å². The highest BCUT2D eigenvalue weighted by atomic mass is 35.5. The zero-order chi connectivity index (χ0) is 16.3. The normalized spacial score (nSPS) is 11.7. The average molecular weight is 336 g/mol. The van der Waals surface area contributed by atoms with Crippen molar-refractivity contribution in [2.24, 2.45) is 0 Å². The number of alkyl halides is 3. The van der Waals surface area contributed by atoms with E-state index >= 15 is 0 Å². The molecule has 0 spiro atoms. The van der Waals surface area contributed by atoms with Crippen LogP contribution in [-0.2, 0) is 12.7 Å². The number of halogens is 4. The predicted octanol–water partition coefficient (Wildman–Crippen LogP) is 3.28. The summed E-state index contributed by atoms with van der Waals surface area (Å²) in [6.07, 6.45) is -2.80. The van der Waals surface area contributed by atoms with Crippen molar-refractivity contribution in [1.29, 1.82) is 0 Å². The molecule has 0 aromatic carbocycles. The number of rotatable bonds is 5. The van der Waals surface area contributed by atoms with Crippen LogP contribution in [0.1, 0.15) is 28.4 Å². The maximum Gasteiger partial charge on any atom is 0.436 e. The average Bonchev–Trinajstić information content (AvgIpc) is 3.05. The largest absolute Gasteiger partial charge is 0.459 e. The first-order chi connectivity index (χ1) is 10.3. The maximum atomic E-state index is 12.7. The van der Waals surface area contributed by atoms with E-state index in [1.807, 2.05) is 0 Å². The molecule has 2 aromatic heterocycles. The fraction of sp³-hybridized carbons (Fsp3) is 0.385. The van der Waals surface area contributed by atoms with Crippen molar-refractivity contribution in [2.45, 2.75) is 26.1 Å². The van der Waals surface area contributed by atoms with Crippen LogP contribution in [-0.4, -0.2) is 22.2 Å². The van der Waals surface area contributed by atoms with E-state index in [1.54, 1.807) is 6.07 Å². The number of aryl methyl sites for hydroxylation is 1. The van der Waals surface area contributed by atoms with Gasteiger partial charge in [0, 0.05) is 13.1 Å². The van der Waals surface area contributed by atoms with E-state index in [0.29, 0.717) is 6.42 Å². The van der Waals surface area contributed by atoms with Gasteiger partial charge in [-0.2, -0.15) is 18.3 Å². The van der Waals surface area contributed by atoms with E-state index < -0.39 is 16.9 Å². The number of nitrogens with zero attached hydrogens (tertiary/aromatic N) is 2. The molecule has 120 valence electrons. The molecule has 2 heterocycles. The Morgan fingerprint density at radius 2 is 2.23 bits per heavy atom. The molecule has 22 heavy (non-hydrogen) atoms. The van der Waals surface area contributed by atoms with Crippen molar-refractivity contribution in [1.82, 2.24) is 15.1 Å². The highest BCUT2D eigenvalue weighted by Crippen LogP contribution is 2.35. The van der Waals surface area contributed by atoms with Gasteiger partial charge >= 0.3 is 6.18 Å². The van der Waals surface area contributed by atoms with Gasteiger partial charge in [-0.1, -0.05) is 11.6 Å². The van der Waals surface area contributed by atoms with Gasteiger partial charge in [0.15, 0.2) is 11.5 Å². The second-order valence-corrected chi connectivity index (χ2v) is 4.93. The molecule has 2 aromatic rings. The molecule has 0 fully saturated rings. The van der Waals surface area contributed by atoms with E-state index in [9.17, 15) is 18.0 Å². The monoisotopic (exact) mass is 335 g/mol.